The molecule has 0 unspecified atom stereocenters. The maximum atomic E-state index is 12.3. The lowest BCUT2D eigenvalue weighted by molar-refractivity contribution is -0.113. The lowest BCUT2D eigenvalue weighted by Gasteiger charge is -2.08. The van der Waals surface area contributed by atoms with Crippen molar-refractivity contribution in [2.45, 2.75) is 17.7 Å². The zero-order chi connectivity index (χ0) is 20.6. The minimum absolute atomic E-state index is 0.147. The van der Waals surface area contributed by atoms with Gasteiger partial charge in [-0.3, -0.25) is 4.79 Å². The molecule has 8 nitrogen and oxygen atoms in total. The number of carbonyl (C=O) groups is 1. The highest BCUT2D eigenvalue weighted by Crippen LogP contribution is 2.35. The number of nitrogens with one attached hydrogen (secondary N) is 2. The molecule has 3 rings (SSSR count). The first-order valence-corrected chi connectivity index (χ1v) is 11.5. The number of rotatable bonds is 10. The number of methoxy groups -OCH3 is 2. The molecular weight excluding hydrogens is 430 g/mol. The quantitative estimate of drug-likeness (QED) is 0.442. The van der Waals surface area contributed by atoms with Gasteiger partial charge in [-0.15, -0.1) is 21.5 Å². The molecule has 1 amide bonds. The van der Waals surface area contributed by atoms with E-state index in [1.54, 1.807) is 14.2 Å². The van der Waals surface area contributed by atoms with Crippen LogP contribution in [0.3, 0.4) is 0 Å². The summed E-state index contributed by atoms with van der Waals surface area (Å²) in [7, 11) is 3.21. The van der Waals surface area contributed by atoms with E-state index in [2.05, 4.69) is 32.7 Å². The van der Waals surface area contributed by atoms with E-state index in [1.165, 1.54) is 34.4 Å². The predicted octanol–water partition coefficient (Wildman–Crippen LogP) is 4.23. The summed E-state index contributed by atoms with van der Waals surface area (Å²) in [6.45, 7) is 2.94. The van der Waals surface area contributed by atoms with Crippen molar-refractivity contribution < 1.29 is 14.3 Å². The molecular formula is C18H21N5O3S3. The second kappa shape index (κ2) is 10.4. The number of nitrogens with zero attached hydrogens (tertiary/aromatic N) is 3. The molecule has 2 heterocycles. The SMILES string of the molecule is CCCNc1nnc(SCC(=O)Nc2nc(-c3cc(OC)ccc3OC)cs2)s1. The van der Waals surface area contributed by atoms with Gasteiger partial charge in [0.05, 0.1) is 25.7 Å². The van der Waals surface area contributed by atoms with Gasteiger partial charge in [0.2, 0.25) is 11.0 Å². The van der Waals surface area contributed by atoms with E-state index in [0.717, 1.165) is 28.0 Å². The Morgan fingerprint density at radius 2 is 2.07 bits per heavy atom. The second-order valence-corrected chi connectivity index (χ2v) is 8.80. The second-order valence-electron chi connectivity index (χ2n) is 5.74. The van der Waals surface area contributed by atoms with E-state index in [-0.39, 0.29) is 11.7 Å². The number of ether oxygens (including phenoxy) is 2. The molecule has 1 aromatic carbocycles. The highest BCUT2D eigenvalue weighted by atomic mass is 32.2. The van der Waals surface area contributed by atoms with Gasteiger partial charge in [0.15, 0.2) is 9.47 Å². The molecule has 0 aliphatic carbocycles. The predicted molar refractivity (Wildman–Crippen MR) is 119 cm³/mol. The molecule has 3 aromatic rings. The van der Waals surface area contributed by atoms with Crippen molar-refractivity contribution in [1.29, 1.82) is 0 Å². The van der Waals surface area contributed by atoms with Crippen LogP contribution in [0.5, 0.6) is 11.5 Å². The molecule has 0 saturated carbocycles. The van der Waals surface area contributed by atoms with Gasteiger partial charge in [-0.25, -0.2) is 4.98 Å². The van der Waals surface area contributed by atoms with E-state index >= 15 is 0 Å². The fraction of sp³-hybridized carbons (Fsp3) is 0.333. The molecule has 11 heteroatoms. The normalized spacial score (nSPS) is 10.6. The topological polar surface area (TPSA) is 98.3 Å². The number of thiazole rings is 1. The molecule has 29 heavy (non-hydrogen) atoms. The summed E-state index contributed by atoms with van der Waals surface area (Å²) < 4.78 is 11.4. The first kappa shape index (κ1) is 21.3. The van der Waals surface area contributed by atoms with Crippen LogP contribution in [-0.2, 0) is 4.79 Å². The van der Waals surface area contributed by atoms with Crippen LogP contribution in [0.15, 0.2) is 27.9 Å². The number of hydrogen-bond acceptors (Lipinski definition) is 10. The number of hydrogen-bond donors (Lipinski definition) is 2. The zero-order valence-electron chi connectivity index (χ0n) is 16.2. The maximum absolute atomic E-state index is 12.3. The van der Waals surface area contributed by atoms with Crippen LogP contribution in [0.1, 0.15) is 13.3 Å². The Kier molecular flexibility index (Phi) is 7.67. The molecule has 0 aliphatic heterocycles. The molecule has 0 saturated heterocycles. The van der Waals surface area contributed by atoms with E-state index in [0.29, 0.717) is 22.3 Å². The van der Waals surface area contributed by atoms with E-state index in [4.69, 9.17) is 9.47 Å². The summed E-state index contributed by atoms with van der Waals surface area (Å²) in [6.07, 6.45) is 1.02. The van der Waals surface area contributed by atoms with Gasteiger partial charge in [-0.2, -0.15) is 0 Å². The molecule has 0 spiro atoms. The lowest BCUT2D eigenvalue weighted by atomic mass is 10.1. The summed E-state index contributed by atoms with van der Waals surface area (Å²) in [5.74, 6) is 1.49. The summed E-state index contributed by atoms with van der Waals surface area (Å²) in [6, 6.07) is 5.51. The number of benzene rings is 1. The Labute approximate surface area is 181 Å². The fourth-order valence-corrected chi connectivity index (χ4v) is 4.63. The molecule has 2 N–H and O–H groups in total. The smallest absolute Gasteiger partial charge is 0.236 e. The number of anilines is 2. The first-order chi connectivity index (χ1) is 14.1. The third kappa shape index (κ3) is 5.81. The van der Waals surface area contributed by atoms with Crippen molar-refractivity contribution in [2.75, 3.05) is 37.2 Å². The van der Waals surface area contributed by atoms with Crippen molar-refractivity contribution in [2.24, 2.45) is 0 Å². The Hall–Kier alpha value is -2.37. The monoisotopic (exact) mass is 451 g/mol. The van der Waals surface area contributed by atoms with Crippen molar-refractivity contribution in [3.8, 4) is 22.8 Å². The van der Waals surface area contributed by atoms with Crippen molar-refractivity contribution in [3.05, 3.63) is 23.6 Å². The van der Waals surface area contributed by atoms with Gasteiger partial charge in [0, 0.05) is 17.5 Å². The summed E-state index contributed by atoms with van der Waals surface area (Å²) in [5, 5.41) is 17.3. The Balaban J connectivity index is 1.58. The van der Waals surface area contributed by atoms with Gasteiger partial charge in [0.25, 0.3) is 0 Å². The number of thioether (sulfide) groups is 1. The summed E-state index contributed by atoms with van der Waals surface area (Å²) >= 11 is 4.15. The van der Waals surface area contributed by atoms with Crippen LogP contribution < -0.4 is 20.1 Å². The lowest BCUT2D eigenvalue weighted by Crippen LogP contribution is -2.13. The van der Waals surface area contributed by atoms with Crippen LogP contribution in [0.4, 0.5) is 10.3 Å². The largest absolute Gasteiger partial charge is 0.497 e. The van der Waals surface area contributed by atoms with Crippen LogP contribution in [0.2, 0.25) is 0 Å². The third-order valence-corrected chi connectivity index (χ3v) is 6.46. The molecule has 0 aliphatic rings. The molecule has 0 fully saturated rings. The van der Waals surface area contributed by atoms with E-state index in [9.17, 15) is 4.79 Å². The molecule has 0 radical (unpaired) electrons. The number of amides is 1. The summed E-state index contributed by atoms with van der Waals surface area (Å²) in [4.78, 5) is 16.8. The van der Waals surface area contributed by atoms with Gasteiger partial charge in [-0.1, -0.05) is 30.0 Å². The molecule has 154 valence electrons. The molecule has 0 bridgehead atoms. The Bertz CT molecular complexity index is 960. The first-order valence-electron chi connectivity index (χ1n) is 8.81. The van der Waals surface area contributed by atoms with E-state index < -0.39 is 0 Å². The van der Waals surface area contributed by atoms with Gasteiger partial charge in [-0.05, 0) is 24.6 Å². The molecule has 2 aromatic heterocycles. The van der Waals surface area contributed by atoms with Gasteiger partial charge < -0.3 is 20.1 Å². The van der Waals surface area contributed by atoms with Crippen LogP contribution in [-0.4, -0.2) is 47.6 Å². The average Bonchev–Trinajstić information content (AvgIpc) is 3.39. The third-order valence-electron chi connectivity index (χ3n) is 3.69. The van der Waals surface area contributed by atoms with Crippen LogP contribution >= 0.6 is 34.4 Å². The van der Waals surface area contributed by atoms with Crippen LogP contribution in [0, 0.1) is 0 Å². The Morgan fingerprint density at radius 1 is 1.21 bits per heavy atom. The number of aromatic nitrogens is 3. The minimum atomic E-state index is -0.147. The standard InChI is InChI=1S/C18H21N5O3S3/c1-4-7-19-16-22-23-18(29-16)28-10-15(24)21-17-20-13(9-27-17)12-8-11(25-2)5-6-14(12)26-3/h5-6,8-9H,4,7,10H2,1-3H3,(H,19,22)(H,20,21,24). The van der Waals surface area contributed by atoms with Crippen molar-refractivity contribution in [1.82, 2.24) is 15.2 Å². The van der Waals surface area contributed by atoms with E-state index in [1.807, 2.05) is 23.6 Å². The van der Waals surface area contributed by atoms with Crippen molar-refractivity contribution >= 4 is 50.6 Å². The van der Waals surface area contributed by atoms with Gasteiger partial charge in [0.1, 0.15) is 11.5 Å². The van der Waals surface area contributed by atoms with Gasteiger partial charge >= 0.3 is 0 Å². The van der Waals surface area contributed by atoms with Crippen LogP contribution in [0.25, 0.3) is 11.3 Å². The Morgan fingerprint density at radius 3 is 2.83 bits per heavy atom. The highest BCUT2D eigenvalue weighted by Gasteiger charge is 2.14. The zero-order valence-corrected chi connectivity index (χ0v) is 18.7. The minimum Gasteiger partial charge on any atom is -0.497 e. The van der Waals surface area contributed by atoms with Crippen molar-refractivity contribution in [3.63, 3.8) is 0 Å². The maximum Gasteiger partial charge on any atom is 0.236 e. The number of carbonyl (C=O) groups excluding carboxylic acids is 1. The molecule has 0 atom stereocenters. The summed E-state index contributed by atoms with van der Waals surface area (Å²) in [5.41, 5.74) is 1.52. The fourth-order valence-electron chi connectivity index (χ4n) is 2.32. The average molecular weight is 452 g/mol. The highest BCUT2D eigenvalue weighted by molar-refractivity contribution is 8.01.